The number of fused-ring (bicyclic) bond motifs is 1. The van der Waals surface area contributed by atoms with E-state index in [0.29, 0.717) is 6.04 Å². The SMILES string of the molecule is CCCC(Cc1cc(C)nc2ccccc12)NCC. The summed E-state index contributed by atoms with van der Waals surface area (Å²) < 4.78 is 0. The molecule has 0 amide bonds. The minimum absolute atomic E-state index is 0.570. The average Bonchev–Trinajstić information content (AvgIpc) is 2.39. The van der Waals surface area contributed by atoms with Gasteiger partial charge in [-0.1, -0.05) is 38.5 Å². The predicted octanol–water partition coefficient (Wildman–Crippen LogP) is 3.86. The van der Waals surface area contributed by atoms with Gasteiger partial charge in [-0.2, -0.15) is 0 Å². The molecule has 2 nitrogen and oxygen atoms in total. The van der Waals surface area contributed by atoms with E-state index in [1.807, 2.05) is 0 Å². The van der Waals surface area contributed by atoms with E-state index >= 15 is 0 Å². The van der Waals surface area contributed by atoms with Crippen LogP contribution in [0.15, 0.2) is 30.3 Å². The highest BCUT2D eigenvalue weighted by atomic mass is 14.9. The molecule has 0 saturated heterocycles. The van der Waals surface area contributed by atoms with Gasteiger partial charge in [0.2, 0.25) is 0 Å². The number of nitrogens with one attached hydrogen (secondary N) is 1. The monoisotopic (exact) mass is 256 g/mol. The maximum atomic E-state index is 4.62. The molecule has 0 aliphatic carbocycles. The van der Waals surface area contributed by atoms with Crippen LogP contribution in [-0.4, -0.2) is 17.6 Å². The summed E-state index contributed by atoms with van der Waals surface area (Å²) >= 11 is 0. The third-order valence-electron chi connectivity index (χ3n) is 3.53. The van der Waals surface area contributed by atoms with Crippen LogP contribution in [0.2, 0.25) is 0 Å². The number of aromatic nitrogens is 1. The molecule has 0 spiro atoms. The molecule has 1 N–H and O–H groups in total. The standard InChI is InChI=1S/C17H24N2/c1-4-8-15(18-5-2)12-14-11-13(3)19-17-10-7-6-9-16(14)17/h6-7,9-11,15,18H,4-5,8,12H2,1-3H3. The summed E-state index contributed by atoms with van der Waals surface area (Å²) in [6.07, 6.45) is 3.54. The number of benzene rings is 1. The van der Waals surface area contributed by atoms with Crippen molar-refractivity contribution in [2.45, 2.75) is 46.1 Å². The first-order valence-corrected chi connectivity index (χ1v) is 7.33. The topological polar surface area (TPSA) is 24.9 Å². The molecule has 1 aromatic heterocycles. The molecule has 2 heteroatoms. The quantitative estimate of drug-likeness (QED) is 0.849. The second kappa shape index (κ2) is 6.67. The first-order valence-electron chi connectivity index (χ1n) is 7.33. The Hall–Kier alpha value is -1.41. The molecular formula is C17H24N2. The van der Waals surface area contributed by atoms with E-state index in [4.69, 9.17) is 0 Å². The Labute approximate surface area is 116 Å². The molecule has 0 fully saturated rings. The summed E-state index contributed by atoms with van der Waals surface area (Å²) in [6.45, 7) is 7.55. The number of rotatable bonds is 6. The summed E-state index contributed by atoms with van der Waals surface area (Å²) in [6, 6.07) is 11.3. The largest absolute Gasteiger partial charge is 0.314 e. The van der Waals surface area contributed by atoms with Crippen molar-refractivity contribution in [2.24, 2.45) is 0 Å². The molecule has 1 unspecified atom stereocenters. The maximum Gasteiger partial charge on any atom is 0.0707 e. The molecule has 1 aromatic carbocycles. The fourth-order valence-corrected chi connectivity index (χ4v) is 2.74. The van der Waals surface area contributed by atoms with E-state index in [2.05, 4.69) is 61.4 Å². The maximum absolute atomic E-state index is 4.62. The van der Waals surface area contributed by atoms with Gasteiger partial charge < -0.3 is 5.32 Å². The number of nitrogens with zero attached hydrogens (tertiary/aromatic N) is 1. The third kappa shape index (κ3) is 3.54. The smallest absolute Gasteiger partial charge is 0.0707 e. The molecule has 1 heterocycles. The molecule has 19 heavy (non-hydrogen) atoms. The summed E-state index contributed by atoms with van der Waals surface area (Å²) in [4.78, 5) is 4.62. The van der Waals surface area contributed by atoms with E-state index in [1.165, 1.54) is 23.8 Å². The first-order chi connectivity index (χ1) is 9.24. The van der Waals surface area contributed by atoms with E-state index in [0.717, 1.165) is 24.2 Å². The molecule has 0 aliphatic rings. The van der Waals surface area contributed by atoms with Gasteiger partial charge in [0.25, 0.3) is 0 Å². The lowest BCUT2D eigenvalue weighted by Crippen LogP contribution is -2.30. The van der Waals surface area contributed by atoms with Gasteiger partial charge in [0.15, 0.2) is 0 Å². The van der Waals surface area contributed by atoms with E-state index in [-0.39, 0.29) is 0 Å². The fraction of sp³-hybridized carbons (Fsp3) is 0.471. The molecule has 2 aromatic rings. The molecule has 0 aliphatic heterocycles. The van der Waals surface area contributed by atoms with Crippen molar-refractivity contribution in [2.75, 3.05) is 6.54 Å². The Kier molecular flexibility index (Phi) is 4.92. The van der Waals surface area contributed by atoms with Gasteiger partial charge in [0.1, 0.15) is 0 Å². The lowest BCUT2D eigenvalue weighted by molar-refractivity contribution is 0.487. The molecule has 0 bridgehead atoms. The van der Waals surface area contributed by atoms with Crippen LogP contribution in [0.25, 0.3) is 10.9 Å². The predicted molar refractivity (Wildman–Crippen MR) is 82.6 cm³/mol. The van der Waals surface area contributed by atoms with Crippen LogP contribution in [0.1, 0.15) is 37.9 Å². The van der Waals surface area contributed by atoms with E-state index in [1.54, 1.807) is 0 Å². The van der Waals surface area contributed by atoms with Crippen LogP contribution in [0.4, 0.5) is 0 Å². The number of aryl methyl sites for hydroxylation is 1. The normalized spacial score (nSPS) is 12.8. The van der Waals surface area contributed by atoms with Crippen molar-refractivity contribution in [3.8, 4) is 0 Å². The van der Waals surface area contributed by atoms with Gasteiger partial charge >= 0.3 is 0 Å². The lowest BCUT2D eigenvalue weighted by atomic mass is 9.98. The van der Waals surface area contributed by atoms with Crippen LogP contribution < -0.4 is 5.32 Å². The zero-order valence-electron chi connectivity index (χ0n) is 12.2. The zero-order valence-corrected chi connectivity index (χ0v) is 12.2. The highest BCUT2D eigenvalue weighted by Gasteiger charge is 2.10. The van der Waals surface area contributed by atoms with Crippen molar-refractivity contribution >= 4 is 10.9 Å². The van der Waals surface area contributed by atoms with Crippen LogP contribution in [0.3, 0.4) is 0 Å². The molecule has 0 radical (unpaired) electrons. The van der Waals surface area contributed by atoms with Crippen molar-refractivity contribution < 1.29 is 0 Å². The highest BCUT2D eigenvalue weighted by molar-refractivity contribution is 5.82. The zero-order chi connectivity index (χ0) is 13.7. The summed E-state index contributed by atoms with van der Waals surface area (Å²) in [5, 5.41) is 4.89. The Morgan fingerprint density at radius 3 is 2.74 bits per heavy atom. The number of hydrogen-bond donors (Lipinski definition) is 1. The molecule has 2 rings (SSSR count). The van der Waals surface area contributed by atoms with Gasteiger partial charge in [-0.05, 0) is 44.0 Å². The van der Waals surface area contributed by atoms with Crippen LogP contribution >= 0.6 is 0 Å². The second-order valence-corrected chi connectivity index (χ2v) is 5.19. The highest BCUT2D eigenvalue weighted by Crippen LogP contribution is 2.20. The number of para-hydroxylation sites is 1. The first kappa shape index (κ1) is 14.0. The summed E-state index contributed by atoms with van der Waals surface area (Å²) in [5.74, 6) is 0. The van der Waals surface area contributed by atoms with Crippen LogP contribution in [-0.2, 0) is 6.42 Å². The van der Waals surface area contributed by atoms with Crippen LogP contribution in [0, 0.1) is 6.92 Å². The molecular weight excluding hydrogens is 232 g/mol. The number of likely N-dealkylation sites (N-methyl/N-ethyl adjacent to an activating group) is 1. The van der Waals surface area contributed by atoms with Crippen molar-refractivity contribution in [3.05, 3.63) is 41.6 Å². The Balaban J connectivity index is 2.32. The van der Waals surface area contributed by atoms with Gasteiger partial charge in [-0.15, -0.1) is 0 Å². The summed E-state index contributed by atoms with van der Waals surface area (Å²) in [7, 11) is 0. The summed E-state index contributed by atoms with van der Waals surface area (Å²) in [5.41, 5.74) is 3.65. The van der Waals surface area contributed by atoms with Gasteiger partial charge in [-0.25, -0.2) is 0 Å². The van der Waals surface area contributed by atoms with Crippen molar-refractivity contribution in [3.63, 3.8) is 0 Å². The van der Waals surface area contributed by atoms with E-state index < -0.39 is 0 Å². The second-order valence-electron chi connectivity index (χ2n) is 5.19. The van der Waals surface area contributed by atoms with Gasteiger partial charge in [-0.3, -0.25) is 4.98 Å². The third-order valence-corrected chi connectivity index (χ3v) is 3.53. The Bertz CT molecular complexity index is 528. The Morgan fingerprint density at radius 1 is 1.21 bits per heavy atom. The Morgan fingerprint density at radius 2 is 2.00 bits per heavy atom. The molecule has 1 atom stereocenters. The number of pyridine rings is 1. The lowest BCUT2D eigenvalue weighted by Gasteiger charge is -2.18. The fourth-order valence-electron chi connectivity index (χ4n) is 2.74. The van der Waals surface area contributed by atoms with Gasteiger partial charge in [0.05, 0.1) is 5.52 Å². The minimum atomic E-state index is 0.570. The van der Waals surface area contributed by atoms with Crippen molar-refractivity contribution in [1.82, 2.24) is 10.3 Å². The van der Waals surface area contributed by atoms with E-state index in [9.17, 15) is 0 Å². The molecule has 102 valence electrons. The van der Waals surface area contributed by atoms with Crippen molar-refractivity contribution in [1.29, 1.82) is 0 Å². The molecule has 0 saturated carbocycles. The average molecular weight is 256 g/mol. The number of hydrogen-bond acceptors (Lipinski definition) is 2. The van der Waals surface area contributed by atoms with Crippen LogP contribution in [0.5, 0.6) is 0 Å². The minimum Gasteiger partial charge on any atom is -0.314 e. The van der Waals surface area contributed by atoms with Gasteiger partial charge in [0, 0.05) is 17.1 Å².